The van der Waals surface area contributed by atoms with Crippen molar-refractivity contribution in [2.45, 2.75) is 32.6 Å². The lowest BCUT2D eigenvalue weighted by Crippen LogP contribution is -2.22. The van der Waals surface area contributed by atoms with Crippen molar-refractivity contribution in [2.24, 2.45) is 0 Å². The van der Waals surface area contributed by atoms with Crippen LogP contribution in [0.2, 0.25) is 0 Å². The summed E-state index contributed by atoms with van der Waals surface area (Å²) in [7, 11) is 3.40. The van der Waals surface area contributed by atoms with Crippen LogP contribution in [-0.4, -0.2) is 30.7 Å². The van der Waals surface area contributed by atoms with Crippen LogP contribution in [0.25, 0.3) is 0 Å². The van der Waals surface area contributed by atoms with Gasteiger partial charge in [0, 0.05) is 32.5 Å². The van der Waals surface area contributed by atoms with E-state index < -0.39 is 0 Å². The number of ketones is 1. The number of aryl methyl sites for hydroxylation is 1. The molecule has 0 aliphatic heterocycles. The first-order valence-electron chi connectivity index (χ1n) is 6.37. The minimum Gasteiger partial charge on any atom is -0.349 e. The van der Waals surface area contributed by atoms with Gasteiger partial charge in [0.2, 0.25) is 5.91 Å². The molecule has 0 radical (unpaired) electrons. The van der Waals surface area contributed by atoms with E-state index in [1.807, 2.05) is 24.3 Å². The van der Waals surface area contributed by atoms with Gasteiger partial charge in [-0.05, 0) is 12.0 Å². The molecular weight excluding hydrogens is 226 g/mol. The molecule has 0 bridgehead atoms. The highest BCUT2D eigenvalue weighted by atomic mass is 16.2. The van der Waals surface area contributed by atoms with Crippen molar-refractivity contribution in [2.75, 3.05) is 14.1 Å². The van der Waals surface area contributed by atoms with Crippen molar-refractivity contribution < 1.29 is 9.59 Å². The molecule has 1 aromatic carbocycles. The molecule has 0 unspecified atom stereocenters. The van der Waals surface area contributed by atoms with E-state index in [1.54, 1.807) is 14.1 Å². The lowest BCUT2D eigenvalue weighted by Gasteiger charge is -2.09. The van der Waals surface area contributed by atoms with Crippen molar-refractivity contribution in [3.8, 4) is 0 Å². The van der Waals surface area contributed by atoms with E-state index in [0.29, 0.717) is 5.56 Å². The molecule has 3 nitrogen and oxygen atoms in total. The Bertz CT molecular complexity index is 407. The number of nitrogens with zero attached hydrogens (tertiary/aromatic N) is 1. The first kappa shape index (κ1) is 14.4. The van der Waals surface area contributed by atoms with Crippen LogP contribution in [0.4, 0.5) is 0 Å². The molecule has 1 aromatic rings. The largest absolute Gasteiger partial charge is 0.349 e. The summed E-state index contributed by atoms with van der Waals surface area (Å²) in [6, 6.07) is 7.69. The van der Waals surface area contributed by atoms with Gasteiger partial charge in [0.15, 0.2) is 5.78 Å². The second-order valence-electron chi connectivity index (χ2n) is 4.66. The smallest absolute Gasteiger partial charge is 0.222 e. The van der Waals surface area contributed by atoms with Gasteiger partial charge < -0.3 is 4.90 Å². The normalized spacial score (nSPS) is 10.2. The van der Waals surface area contributed by atoms with E-state index in [2.05, 4.69) is 6.92 Å². The highest BCUT2D eigenvalue weighted by Gasteiger charge is 2.10. The predicted molar refractivity (Wildman–Crippen MR) is 72.7 cm³/mol. The quantitative estimate of drug-likeness (QED) is 0.725. The van der Waals surface area contributed by atoms with Crippen molar-refractivity contribution in [1.82, 2.24) is 4.90 Å². The van der Waals surface area contributed by atoms with E-state index >= 15 is 0 Å². The predicted octanol–water partition coefficient (Wildman–Crippen LogP) is 2.69. The molecule has 0 N–H and O–H groups in total. The number of rotatable bonds is 6. The lowest BCUT2D eigenvalue weighted by atomic mass is 10.0. The first-order valence-corrected chi connectivity index (χ1v) is 6.37. The van der Waals surface area contributed by atoms with E-state index in [1.165, 1.54) is 10.5 Å². The number of hydrogen-bond acceptors (Lipinski definition) is 2. The van der Waals surface area contributed by atoms with E-state index in [-0.39, 0.29) is 24.5 Å². The van der Waals surface area contributed by atoms with Crippen LogP contribution in [0.5, 0.6) is 0 Å². The number of amides is 1. The Hall–Kier alpha value is -1.64. The van der Waals surface area contributed by atoms with Gasteiger partial charge >= 0.3 is 0 Å². The highest BCUT2D eigenvalue weighted by molar-refractivity contribution is 5.97. The first-order chi connectivity index (χ1) is 8.54. The second-order valence-corrected chi connectivity index (χ2v) is 4.66. The topological polar surface area (TPSA) is 37.4 Å². The summed E-state index contributed by atoms with van der Waals surface area (Å²) >= 11 is 0. The summed E-state index contributed by atoms with van der Waals surface area (Å²) in [4.78, 5) is 24.8. The fraction of sp³-hybridized carbons (Fsp3) is 0.467. The summed E-state index contributed by atoms with van der Waals surface area (Å²) in [5.41, 5.74) is 1.94. The molecular formula is C15H21NO2. The molecule has 0 atom stereocenters. The third-order valence-corrected chi connectivity index (χ3v) is 2.88. The Balaban J connectivity index is 2.54. The number of benzene rings is 1. The molecule has 0 spiro atoms. The van der Waals surface area contributed by atoms with Gasteiger partial charge in [-0.2, -0.15) is 0 Å². The van der Waals surface area contributed by atoms with Crippen LogP contribution < -0.4 is 0 Å². The van der Waals surface area contributed by atoms with Gasteiger partial charge in [0.05, 0.1) is 0 Å². The molecule has 0 heterocycles. The Labute approximate surface area is 109 Å². The molecule has 0 saturated carbocycles. The molecule has 1 rings (SSSR count). The molecule has 0 aromatic heterocycles. The summed E-state index contributed by atoms with van der Waals surface area (Å²) in [6.45, 7) is 2.13. The fourth-order valence-electron chi connectivity index (χ4n) is 1.73. The third-order valence-electron chi connectivity index (χ3n) is 2.88. The van der Waals surface area contributed by atoms with Crippen LogP contribution in [0.3, 0.4) is 0 Å². The summed E-state index contributed by atoms with van der Waals surface area (Å²) in [6.07, 6.45) is 2.70. The zero-order valence-corrected chi connectivity index (χ0v) is 11.4. The molecule has 0 fully saturated rings. The van der Waals surface area contributed by atoms with E-state index in [4.69, 9.17) is 0 Å². The monoisotopic (exact) mass is 247 g/mol. The summed E-state index contributed by atoms with van der Waals surface area (Å²) in [5, 5.41) is 0. The second kappa shape index (κ2) is 6.94. The molecule has 1 amide bonds. The Morgan fingerprint density at radius 3 is 2.17 bits per heavy atom. The Kier molecular flexibility index (Phi) is 5.56. The van der Waals surface area contributed by atoms with Crippen molar-refractivity contribution in [1.29, 1.82) is 0 Å². The lowest BCUT2D eigenvalue weighted by molar-refractivity contribution is -0.128. The van der Waals surface area contributed by atoms with Gasteiger partial charge in [-0.3, -0.25) is 9.59 Å². The molecule has 0 aliphatic carbocycles. The Morgan fingerprint density at radius 2 is 1.67 bits per heavy atom. The minimum absolute atomic E-state index is 0.00838. The SMILES string of the molecule is CCCc1ccc(C(=O)CCC(=O)N(C)C)cc1. The zero-order valence-electron chi connectivity index (χ0n) is 11.4. The van der Waals surface area contributed by atoms with Gasteiger partial charge in [-0.1, -0.05) is 37.6 Å². The van der Waals surface area contributed by atoms with Gasteiger partial charge in [0.1, 0.15) is 0 Å². The van der Waals surface area contributed by atoms with Gasteiger partial charge in [-0.25, -0.2) is 0 Å². The maximum absolute atomic E-state index is 11.9. The van der Waals surface area contributed by atoms with Crippen LogP contribution in [0.15, 0.2) is 24.3 Å². The maximum Gasteiger partial charge on any atom is 0.222 e. The van der Waals surface area contributed by atoms with E-state index in [9.17, 15) is 9.59 Å². The maximum atomic E-state index is 11.9. The number of hydrogen-bond donors (Lipinski definition) is 0. The summed E-state index contributed by atoms with van der Waals surface area (Å²) < 4.78 is 0. The number of carbonyl (C=O) groups is 2. The summed E-state index contributed by atoms with van der Waals surface area (Å²) in [5.74, 6) is 0.0270. The van der Waals surface area contributed by atoms with Gasteiger partial charge in [0.25, 0.3) is 0 Å². The van der Waals surface area contributed by atoms with E-state index in [0.717, 1.165) is 12.8 Å². The number of Topliss-reactive ketones (excluding diaryl/α,β-unsaturated/α-hetero) is 1. The highest BCUT2D eigenvalue weighted by Crippen LogP contribution is 2.10. The van der Waals surface area contributed by atoms with Crippen molar-refractivity contribution >= 4 is 11.7 Å². The fourth-order valence-corrected chi connectivity index (χ4v) is 1.73. The van der Waals surface area contributed by atoms with Crippen LogP contribution in [0, 0.1) is 0 Å². The Morgan fingerprint density at radius 1 is 1.06 bits per heavy atom. The average Bonchev–Trinajstić information content (AvgIpc) is 2.36. The molecule has 0 aliphatic rings. The third kappa shape index (κ3) is 4.32. The standard InChI is InChI=1S/C15H21NO2/c1-4-5-12-6-8-13(9-7-12)14(17)10-11-15(18)16(2)3/h6-9H,4-5,10-11H2,1-3H3. The minimum atomic E-state index is -0.00838. The van der Waals surface area contributed by atoms with Crippen molar-refractivity contribution in [3.63, 3.8) is 0 Å². The molecule has 0 saturated heterocycles. The average molecular weight is 247 g/mol. The molecule has 98 valence electrons. The van der Waals surface area contributed by atoms with Crippen LogP contribution >= 0.6 is 0 Å². The van der Waals surface area contributed by atoms with Crippen molar-refractivity contribution in [3.05, 3.63) is 35.4 Å². The number of carbonyl (C=O) groups excluding carboxylic acids is 2. The molecule has 18 heavy (non-hydrogen) atoms. The zero-order chi connectivity index (χ0) is 13.5. The van der Waals surface area contributed by atoms with Gasteiger partial charge in [-0.15, -0.1) is 0 Å². The van der Waals surface area contributed by atoms with Crippen LogP contribution in [-0.2, 0) is 11.2 Å². The molecule has 3 heteroatoms. The van der Waals surface area contributed by atoms with Crippen LogP contribution in [0.1, 0.15) is 42.1 Å².